The highest BCUT2D eigenvalue weighted by molar-refractivity contribution is 5.54. The largest absolute Gasteiger partial charge is 0.378 e. The SMILES string of the molecule is Cc1ccc(-c2noc(C3Cc4nc[nH]c4CN3Cc3ccc(N(C)C)cc3)n2)cc1. The van der Waals surface area contributed by atoms with Crippen LogP contribution in [-0.4, -0.2) is 39.1 Å². The Balaban J connectivity index is 1.43. The van der Waals surface area contributed by atoms with Gasteiger partial charge >= 0.3 is 0 Å². The predicted molar refractivity (Wildman–Crippen MR) is 120 cm³/mol. The molecule has 7 nitrogen and oxygen atoms in total. The van der Waals surface area contributed by atoms with Crippen LogP contribution in [0.15, 0.2) is 59.4 Å². The van der Waals surface area contributed by atoms with Crippen LogP contribution >= 0.6 is 0 Å². The van der Waals surface area contributed by atoms with Crippen molar-refractivity contribution in [1.82, 2.24) is 25.0 Å². The molecule has 7 heteroatoms. The third-order valence-electron chi connectivity index (χ3n) is 5.87. The van der Waals surface area contributed by atoms with Gasteiger partial charge in [-0.1, -0.05) is 47.1 Å². The molecule has 0 radical (unpaired) electrons. The molecule has 0 bridgehead atoms. The molecule has 3 heterocycles. The minimum absolute atomic E-state index is 0.0176. The van der Waals surface area contributed by atoms with Crippen molar-refractivity contribution in [1.29, 1.82) is 0 Å². The van der Waals surface area contributed by atoms with Gasteiger partial charge in [0, 0.05) is 44.9 Å². The number of nitrogens with zero attached hydrogens (tertiary/aromatic N) is 5. The van der Waals surface area contributed by atoms with Crippen LogP contribution in [0.3, 0.4) is 0 Å². The highest BCUT2D eigenvalue weighted by atomic mass is 16.5. The van der Waals surface area contributed by atoms with Crippen molar-refractivity contribution >= 4 is 5.69 Å². The van der Waals surface area contributed by atoms with Crippen molar-refractivity contribution in [3.8, 4) is 11.4 Å². The van der Waals surface area contributed by atoms with Gasteiger partial charge in [-0.25, -0.2) is 4.98 Å². The van der Waals surface area contributed by atoms with E-state index in [-0.39, 0.29) is 6.04 Å². The Morgan fingerprint density at radius 1 is 1.10 bits per heavy atom. The molecule has 0 amide bonds. The average molecular weight is 415 g/mol. The number of hydrogen-bond acceptors (Lipinski definition) is 6. The summed E-state index contributed by atoms with van der Waals surface area (Å²) in [6, 6.07) is 16.8. The molecule has 1 N–H and O–H groups in total. The smallest absolute Gasteiger partial charge is 0.244 e. The van der Waals surface area contributed by atoms with Crippen LogP contribution in [-0.2, 0) is 19.5 Å². The maximum Gasteiger partial charge on any atom is 0.244 e. The molecule has 1 atom stereocenters. The molecular weight excluding hydrogens is 388 g/mol. The van der Waals surface area contributed by atoms with Crippen molar-refractivity contribution in [2.45, 2.75) is 32.5 Å². The summed E-state index contributed by atoms with van der Waals surface area (Å²) in [5.74, 6) is 1.26. The van der Waals surface area contributed by atoms with Gasteiger partial charge < -0.3 is 14.4 Å². The van der Waals surface area contributed by atoms with E-state index >= 15 is 0 Å². The number of aromatic amines is 1. The fraction of sp³-hybridized carbons (Fsp3) is 0.292. The van der Waals surface area contributed by atoms with Gasteiger partial charge in [-0.05, 0) is 24.6 Å². The van der Waals surface area contributed by atoms with Gasteiger partial charge in [-0.15, -0.1) is 0 Å². The van der Waals surface area contributed by atoms with Gasteiger partial charge in [0.05, 0.1) is 23.8 Å². The van der Waals surface area contributed by atoms with E-state index in [0.29, 0.717) is 11.7 Å². The molecule has 2 aromatic carbocycles. The minimum Gasteiger partial charge on any atom is -0.378 e. The van der Waals surface area contributed by atoms with Crippen molar-refractivity contribution in [3.05, 3.63) is 83.3 Å². The Kier molecular flexibility index (Phi) is 5.03. The maximum absolute atomic E-state index is 5.75. The number of nitrogens with one attached hydrogen (secondary N) is 1. The lowest BCUT2D eigenvalue weighted by atomic mass is 10.0. The van der Waals surface area contributed by atoms with E-state index in [1.165, 1.54) is 16.8 Å². The van der Waals surface area contributed by atoms with E-state index in [2.05, 4.69) is 82.3 Å². The molecule has 1 aliphatic heterocycles. The number of aromatic nitrogens is 4. The lowest BCUT2D eigenvalue weighted by molar-refractivity contribution is 0.128. The molecule has 1 unspecified atom stereocenters. The van der Waals surface area contributed by atoms with E-state index in [9.17, 15) is 0 Å². The van der Waals surface area contributed by atoms with Crippen LogP contribution in [0.2, 0.25) is 0 Å². The summed E-state index contributed by atoms with van der Waals surface area (Å²) in [4.78, 5) is 17.0. The third-order valence-corrected chi connectivity index (χ3v) is 5.87. The van der Waals surface area contributed by atoms with Crippen molar-refractivity contribution in [2.24, 2.45) is 0 Å². The molecular formula is C24H26N6O. The van der Waals surface area contributed by atoms with Crippen LogP contribution in [0.25, 0.3) is 11.4 Å². The standard InChI is InChI=1S/C24H26N6O/c1-16-4-8-18(9-5-16)23-27-24(31-28-23)22-12-20-21(26-15-25-20)14-30(22)13-17-6-10-19(11-7-17)29(2)3/h4-11,15,22H,12-14H2,1-3H3,(H,25,26). The van der Waals surface area contributed by atoms with Crippen molar-refractivity contribution < 1.29 is 4.52 Å². The normalized spacial score (nSPS) is 16.3. The predicted octanol–water partition coefficient (Wildman–Crippen LogP) is 4.13. The van der Waals surface area contributed by atoms with Crippen LogP contribution in [0.5, 0.6) is 0 Å². The first-order chi connectivity index (χ1) is 15.1. The summed E-state index contributed by atoms with van der Waals surface area (Å²) in [6.07, 6.45) is 2.51. The molecule has 0 saturated heterocycles. The van der Waals surface area contributed by atoms with E-state index < -0.39 is 0 Å². The molecule has 158 valence electrons. The summed E-state index contributed by atoms with van der Waals surface area (Å²) < 4.78 is 5.75. The Morgan fingerprint density at radius 3 is 2.61 bits per heavy atom. The quantitative estimate of drug-likeness (QED) is 0.529. The molecule has 0 aliphatic carbocycles. The zero-order valence-electron chi connectivity index (χ0n) is 18.0. The Hall–Kier alpha value is -3.45. The van der Waals surface area contributed by atoms with Gasteiger partial charge in [0.2, 0.25) is 11.7 Å². The van der Waals surface area contributed by atoms with Crippen LogP contribution in [0.1, 0.15) is 34.4 Å². The van der Waals surface area contributed by atoms with Gasteiger partial charge in [0.25, 0.3) is 0 Å². The summed E-state index contributed by atoms with van der Waals surface area (Å²) in [6.45, 7) is 3.62. The number of anilines is 1. The zero-order valence-corrected chi connectivity index (χ0v) is 18.0. The number of imidazole rings is 1. The first-order valence-corrected chi connectivity index (χ1v) is 10.5. The molecule has 31 heavy (non-hydrogen) atoms. The summed E-state index contributed by atoms with van der Waals surface area (Å²) >= 11 is 0. The Bertz CT molecular complexity index is 1160. The molecule has 4 aromatic rings. The molecule has 1 aliphatic rings. The summed E-state index contributed by atoms with van der Waals surface area (Å²) in [7, 11) is 4.10. The highest BCUT2D eigenvalue weighted by Crippen LogP contribution is 2.33. The molecule has 0 fully saturated rings. The second-order valence-corrected chi connectivity index (χ2v) is 8.34. The second kappa shape index (κ2) is 8.00. The van der Waals surface area contributed by atoms with Crippen molar-refractivity contribution in [2.75, 3.05) is 19.0 Å². The lowest BCUT2D eigenvalue weighted by Crippen LogP contribution is -2.34. The monoisotopic (exact) mass is 414 g/mol. The number of hydrogen-bond donors (Lipinski definition) is 1. The van der Waals surface area contributed by atoms with Crippen molar-refractivity contribution in [3.63, 3.8) is 0 Å². The molecule has 2 aromatic heterocycles. The first kappa shape index (κ1) is 19.5. The number of aryl methyl sites for hydroxylation is 1. The summed E-state index contributed by atoms with van der Waals surface area (Å²) in [5.41, 5.74) is 6.82. The third kappa shape index (κ3) is 3.96. The van der Waals surface area contributed by atoms with E-state index in [1.54, 1.807) is 6.33 Å². The number of benzene rings is 2. The molecule has 0 spiro atoms. The Labute approximate surface area is 181 Å². The van der Waals surface area contributed by atoms with Crippen LogP contribution in [0.4, 0.5) is 5.69 Å². The lowest BCUT2D eigenvalue weighted by Gasteiger charge is -2.32. The van der Waals surface area contributed by atoms with Crippen LogP contribution < -0.4 is 4.90 Å². The average Bonchev–Trinajstić information content (AvgIpc) is 3.43. The van der Waals surface area contributed by atoms with Crippen LogP contribution in [0, 0.1) is 6.92 Å². The van der Waals surface area contributed by atoms with Gasteiger partial charge in [-0.3, -0.25) is 4.90 Å². The maximum atomic E-state index is 5.75. The van der Waals surface area contributed by atoms with Gasteiger partial charge in [-0.2, -0.15) is 4.98 Å². The fourth-order valence-corrected chi connectivity index (χ4v) is 4.02. The Morgan fingerprint density at radius 2 is 1.87 bits per heavy atom. The highest BCUT2D eigenvalue weighted by Gasteiger charge is 2.33. The fourth-order valence-electron chi connectivity index (χ4n) is 4.02. The molecule has 5 rings (SSSR count). The minimum atomic E-state index is -0.0176. The number of H-pyrrole nitrogens is 1. The zero-order chi connectivity index (χ0) is 21.4. The number of rotatable bonds is 5. The van der Waals surface area contributed by atoms with E-state index in [4.69, 9.17) is 9.51 Å². The van der Waals surface area contributed by atoms with Gasteiger partial charge in [0.1, 0.15) is 0 Å². The number of fused-ring (bicyclic) bond motifs is 1. The van der Waals surface area contributed by atoms with E-state index in [1.807, 2.05) is 12.1 Å². The van der Waals surface area contributed by atoms with Gasteiger partial charge in [0.15, 0.2) is 0 Å². The molecule has 0 saturated carbocycles. The summed E-state index contributed by atoms with van der Waals surface area (Å²) in [5, 5.41) is 4.26. The first-order valence-electron chi connectivity index (χ1n) is 10.5. The second-order valence-electron chi connectivity index (χ2n) is 8.34. The van der Waals surface area contributed by atoms with E-state index in [0.717, 1.165) is 36.5 Å². The topological polar surface area (TPSA) is 74.1 Å².